The number of carbonyl (C=O) groups excluding carboxylic acids is 2. The van der Waals surface area contributed by atoms with Gasteiger partial charge in [0.05, 0.1) is 6.10 Å². The Balaban J connectivity index is 4.00. The van der Waals surface area contributed by atoms with Gasteiger partial charge in [-0.05, 0) is 13.8 Å². The Morgan fingerprint density at radius 3 is 2.54 bits per heavy atom. The summed E-state index contributed by atoms with van der Waals surface area (Å²) in [5.41, 5.74) is 5.09. The van der Waals surface area contributed by atoms with E-state index in [1.165, 1.54) is 6.92 Å². The molecule has 74 valence electrons. The zero-order chi connectivity index (χ0) is 10.4. The number of rotatable bonds is 4. The van der Waals surface area contributed by atoms with Gasteiger partial charge in [-0.3, -0.25) is 9.59 Å². The van der Waals surface area contributed by atoms with Gasteiger partial charge < -0.3 is 16.2 Å². The number of hydrogen-bond donors (Lipinski definition) is 3. The SMILES string of the molecule is CC(=CC(=O)NCC(C)O)C(N)=O. The zero-order valence-electron chi connectivity index (χ0n) is 7.70. The molecule has 0 saturated heterocycles. The third-order valence-electron chi connectivity index (χ3n) is 1.31. The summed E-state index contributed by atoms with van der Waals surface area (Å²) in [6.45, 7) is 3.15. The molecule has 0 aliphatic heterocycles. The van der Waals surface area contributed by atoms with Gasteiger partial charge in [-0.2, -0.15) is 0 Å². The second kappa shape index (κ2) is 5.31. The van der Waals surface area contributed by atoms with E-state index in [0.29, 0.717) is 0 Å². The summed E-state index contributed by atoms with van der Waals surface area (Å²) in [4.78, 5) is 21.5. The van der Waals surface area contributed by atoms with Crippen molar-refractivity contribution >= 4 is 11.8 Å². The van der Waals surface area contributed by atoms with Crippen LogP contribution in [0.3, 0.4) is 0 Å². The maximum Gasteiger partial charge on any atom is 0.244 e. The summed E-state index contributed by atoms with van der Waals surface area (Å²) in [6.07, 6.45) is 0.497. The molecule has 0 radical (unpaired) electrons. The number of hydrogen-bond acceptors (Lipinski definition) is 3. The fourth-order valence-corrected chi connectivity index (χ4v) is 0.567. The summed E-state index contributed by atoms with van der Waals surface area (Å²) in [7, 11) is 0. The molecule has 5 nitrogen and oxygen atoms in total. The van der Waals surface area contributed by atoms with Gasteiger partial charge in [0, 0.05) is 18.2 Å². The normalized spacial score (nSPS) is 13.6. The molecule has 0 rings (SSSR count). The Kier molecular flexibility index (Phi) is 4.76. The van der Waals surface area contributed by atoms with Crippen LogP contribution in [0, 0.1) is 0 Å². The predicted octanol–water partition coefficient (Wildman–Crippen LogP) is -1.08. The van der Waals surface area contributed by atoms with E-state index in [1.54, 1.807) is 6.92 Å². The lowest BCUT2D eigenvalue weighted by molar-refractivity contribution is -0.118. The quantitative estimate of drug-likeness (QED) is 0.487. The summed E-state index contributed by atoms with van der Waals surface area (Å²) in [5, 5.41) is 11.2. The van der Waals surface area contributed by atoms with Crippen LogP contribution in [0.15, 0.2) is 11.6 Å². The van der Waals surface area contributed by atoms with E-state index < -0.39 is 17.9 Å². The lowest BCUT2D eigenvalue weighted by Crippen LogP contribution is -2.29. The summed E-state index contributed by atoms with van der Waals surface area (Å²) in [6, 6.07) is 0. The molecular weight excluding hydrogens is 172 g/mol. The first-order valence-electron chi connectivity index (χ1n) is 3.87. The van der Waals surface area contributed by atoms with Crippen LogP contribution in [0.1, 0.15) is 13.8 Å². The first-order chi connectivity index (χ1) is 5.93. The molecule has 5 heteroatoms. The van der Waals surface area contributed by atoms with Crippen molar-refractivity contribution in [3.05, 3.63) is 11.6 Å². The first-order valence-corrected chi connectivity index (χ1v) is 3.87. The Morgan fingerprint density at radius 2 is 2.15 bits per heavy atom. The molecule has 13 heavy (non-hydrogen) atoms. The maximum atomic E-state index is 11.0. The molecule has 0 fully saturated rings. The standard InChI is InChI=1S/C8H14N2O3/c1-5(8(9)13)3-7(12)10-4-6(2)11/h3,6,11H,4H2,1-2H3,(H2,9,13)(H,10,12). The van der Waals surface area contributed by atoms with Crippen molar-refractivity contribution < 1.29 is 14.7 Å². The molecule has 2 amide bonds. The lowest BCUT2D eigenvalue weighted by atomic mass is 10.2. The van der Waals surface area contributed by atoms with Crippen molar-refractivity contribution in [3.8, 4) is 0 Å². The molecule has 1 unspecified atom stereocenters. The van der Waals surface area contributed by atoms with Gasteiger partial charge in [0.2, 0.25) is 11.8 Å². The lowest BCUT2D eigenvalue weighted by Gasteiger charge is -2.04. The second-order valence-corrected chi connectivity index (χ2v) is 2.79. The van der Waals surface area contributed by atoms with Gasteiger partial charge in [0.25, 0.3) is 0 Å². The van der Waals surface area contributed by atoms with Crippen molar-refractivity contribution in [3.63, 3.8) is 0 Å². The summed E-state index contributed by atoms with van der Waals surface area (Å²) >= 11 is 0. The third kappa shape index (κ3) is 5.86. The van der Waals surface area contributed by atoms with Crippen molar-refractivity contribution in [2.75, 3.05) is 6.54 Å². The van der Waals surface area contributed by atoms with Crippen LogP contribution in [0.5, 0.6) is 0 Å². The van der Waals surface area contributed by atoms with Crippen LogP contribution in [0.25, 0.3) is 0 Å². The number of amides is 2. The fourth-order valence-electron chi connectivity index (χ4n) is 0.567. The molecule has 0 heterocycles. The monoisotopic (exact) mass is 186 g/mol. The first kappa shape index (κ1) is 11.6. The van der Waals surface area contributed by atoms with E-state index in [4.69, 9.17) is 10.8 Å². The van der Waals surface area contributed by atoms with E-state index in [0.717, 1.165) is 6.08 Å². The number of aliphatic hydroxyl groups excluding tert-OH is 1. The van der Waals surface area contributed by atoms with Gasteiger partial charge >= 0.3 is 0 Å². The van der Waals surface area contributed by atoms with E-state index in [9.17, 15) is 9.59 Å². The fraction of sp³-hybridized carbons (Fsp3) is 0.500. The van der Waals surface area contributed by atoms with Crippen molar-refractivity contribution in [1.82, 2.24) is 5.32 Å². The highest BCUT2D eigenvalue weighted by atomic mass is 16.3. The Bertz CT molecular complexity index is 234. The average Bonchev–Trinajstić information content (AvgIpc) is 2.00. The number of primary amides is 1. The topological polar surface area (TPSA) is 92.4 Å². The molecule has 0 aliphatic carbocycles. The van der Waals surface area contributed by atoms with Crippen LogP contribution in [0.4, 0.5) is 0 Å². The van der Waals surface area contributed by atoms with Crippen molar-refractivity contribution in [1.29, 1.82) is 0 Å². The largest absolute Gasteiger partial charge is 0.392 e. The van der Waals surface area contributed by atoms with Gasteiger partial charge in [0.15, 0.2) is 0 Å². The van der Waals surface area contributed by atoms with E-state index in [-0.39, 0.29) is 12.1 Å². The molecule has 0 aromatic rings. The van der Waals surface area contributed by atoms with E-state index >= 15 is 0 Å². The van der Waals surface area contributed by atoms with Crippen molar-refractivity contribution in [2.24, 2.45) is 5.73 Å². The smallest absolute Gasteiger partial charge is 0.244 e. The van der Waals surface area contributed by atoms with E-state index in [2.05, 4.69) is 5.32 Å². The van der Waals surface area contributed by atoms with Gasteiger partial charge in [-0.15, -0.1) is 0 Å². The van der Waals surface area contributed by atoms with Crippen LogP contribution in [-0.4, -0.2) is 29.6 Å². The van der Waals surface area contributed by atoms with Crippen molar-refractivity contribution in [2.45, 2.75) is 20.0 Å². The molecule has 0 aromatic heterocycles. The van der Waals surface area contributed by atoms with Gasteiger partial charge in [0.1, 0.15) is 0 Å². The molecule has 0 bridgehead atoms. The minimum atomic E-state index is -0.632. The summed E-state index contributed by atoms with van der Waals surface area (Å²) in [5.74, 6) is -1.07. The zero-order valence-corrected chi connectivity index (χ0v) is 7.70. The molecule has 1 atom stereocenters. The number of carbonyl (C=O) groups is 2. The molecule has 0 spiro atoms. The minimum Gasteiger partial charge on any atom is -0.392 e. The number of nitrogens with two attached hydrogens (primary N) is 1. The molecular formula is C8H14N2O3. The minimum absolute atomic E-state index is 0.154. The Hall–Kier alpha value is -1.36. The highest BCUT2D eigenvalue weighted by molar-refractivity contribution is 5.99. The molecule has 0 aliphatic rings. The average molecular weight is 186 g/mol. The highest BCUT2D eigenvalue weighted by Gasteiger charge is 2.02. The van der Waals surface area contributed by atoms with Crippen LogP contribution in [-0.2, 0) is 9.59 Å². The Labute approximate surface area is 76.6 Å². The second-order valence-electron chi connectivity index (χ2n) is 2.79. The number of aliphatic hydroxyl groups is 1. The predicted molar refractivity (Wildman–Crippen MR) is 47.6 cm³/mol. The van der Waals surface area contributed by atoms with Crippen LogP contribution in [0.2, 0.25) is 0 Å². The van der Waals surface area contributed by atoms with Gasteiger partial charge in [-0.1, -0.05) is 0 Å². The summed E-state index contributed by atoms with van der Waals surface area (Å²) < 4.78 is 0. The molecule has 0 saturated carbocycles. The maximum absolute atomic E-state index is 11.0. The van der Waals surface area contributed by atoms with Crippen LogP contribution < -0.4 is 11.1 Å². The third-order valence-corrected chi connectivity index (χ3v) is 1.31. The van der Waals surface area contributed by atoms with Crippen LogP contribution >= 0.6 is 0 Å². The number of nitrogens with one attached hydrogen (secondary N) is 1. The van der Waals surface area contributed by atoms with Gasteiger partial charge in [-0.25, -0.2) is 0 Å². The molecule has 4 N–H and O–H groups in total. The highest BCUT2D eigenvalue weighted by Crippen LogP contribution is 1.89. The Morgan fingerprint density at radius 1 is 1.62 bits per heavy atom. The molecule has 0 aromatic carbocycles. The van der Waals surface area contributed by atoms with E-state index in [1.807, 2.05) is 0 Å².